The number of rotatable bonds is 2. The molecule has 2 aliphatic rings. The van der Waals surface area contributed by atoms with Crippen LogP contribution >= 0.6 is 0 Å². The quantitative estimate of drug-likeness (QED) is 0.162. The molecule has 0 amide bonds. The van der Waals surface area contributed by atoms with Crippen LogP contribution < -0.4 is 4.90 Å². The Labute approximate surface area is 348 Å². The van der Waals surface area contributed by atoms with Gasteiger partial charge in [0.05, 0.1) is 44.1 Å². The van der Waals surface area contributed by atoms with Crippen LogP contribution in [0.1, 0.15) is 49.9 Å². The van der Waals surface area contributed by atoms with Gasteiger partial charge in [-0.2, -0.15) is 12.1 Å². The molecule has 0 fully saturated rings. The van der Waals surface area contributed by atoms with Crippen LogP contribution in [0.3, 0.4) is 0 Å². The fourth-order valence-electron chi connectivity index (χ4n) is 10.2. The fraction of sp³-hybridized carbons (Fsp3) is 0.120. The molecule has 6 heterocycles. The second-order valence-electron chi connectivity index (χ2n) is 16.6. The number of hydrogen-bond acceptors (Lipinski definition) is 3. The smallest absolute Gasteiger partial charge is 0.357 e. The van der Waals surface area contributed by atoms with E-state index in [1.807, 2.05) is 0 Å². The Morgan fingerprint density at radius 2 is 0.810 bits per heavy atom. The second-order valence-corrected chi connectivity index (χ2v) is 16.6. The van der Waals surface area contributed by atoms with Gasteiger partial charge < -0.3 is 14.0 Å². The van der Waals surface area contributed by atoms with E-state index in [-0.39, 0.29) is 31.9 Å². The molecular formula is C50H35N7Pt. The number of anilines is 3. The van der Waals surface area contributed by atoms with Gasteiger partial charge in [0.1, 0.15) is 0 Å². The Balaban J connectivity index is 0.00000366. The molecule has 4 aromatic heterocycles. The molecule has 58 heavy (non-hydrogen) atoms. The number of imidazole rings is 4. The van der Waals surface area contributed by atoms with Crippen molar-refractivity contribution in [3.8, 4) is 11.4 Å². The van der Waals surface area contributed by atoms with Crippen molar-refractivity contribution in [2.75, 3.05) is 4.90 Å². The summed E-state index contributed by atoms with van der Waals surface area (Å²) in [7, 11) is 0. The van der Waals surface area contributed by atoms with Crippen LogP contribution in [0, 0.1) is 12.1 Å². The molecule has 280 valence electrons. The van der Waals surface area contributed by atoms with Crippen molar-refractivity contribution < 1.29 is 21.1 Å². The maximum absolute atomic E-state index is 5.21. The number of para-hydroxylation sites is 9. The van der Waals surface area contributed by atoms with Crippen molar-refractivity contribution in [1.29, 1.82) is 0 Å². The van der Waals surface area contributed by atoms with Gasteiger partial charge in [0.2, 0.25) is 11.6 Å². The van der Waals surface area contributed by atoms with Gasteiger partial charge in [-0.05, 0) is 70.5 Å². The Morgan fingerprint density at radius 3 is 1.26 bits per heavy atom. The Bertz CT molecular complexity index is 3330. The first-order chi connectivity index (χ1) is 27.8. The molecule has 7 aromatic carbocycles. The van der Waals surface area contributed by atoms with Crippen molar-refractivity contribution in [3.63, 3.8) is 0 Å². The van der Waals surface area contributed by atoms with Crippen LogP contribution in [0.5, 0.6) is 0 Å². The van der Waals surface area contributed by atoms with E-state index >= 15 is 0 Å². The first kappa shape index (κ1) is 33.7. The van der Waals surface area contributed by atoms with Crippen LogP contribution in [0.25, 0.3) is 67.1 Å². The minimum Gasteiger partial charge on any atom is -0.357 e. The molecule has 0 N–H and O–H groups in total. The third kappa shape index (κ3) is 4.07. The first-order valence-corrected chi connectivity index (χ1v) is 19.6. The second kappa shape index (κ2) is 11.4. The summed E-state index contributed by atoms with van der Waals surface area (Å²) in [5, 5.41) is 0. The van der Waals surface area contributed by atoms with Crippen LogP contribution in [-0.4, -0.2) is 27.9 Å². The number of aromatic nitrogens is 6. The minimum atomic E-state index is -0.286. The number of fused-ring (bicyclic) bond motifs is 14. The van der Waals surface area contributed by atoms with Crippen molar-refractivity contribution >= 4 is 72.8 Å². The number of nitrogens with zero attached hydrogens (tertiary/aromatic N) is 7. The molecule has 0 saturated heterocycles. The zero-order valence-corrected chi connectivity index (χ0v) is 34.5. The molecule has 2 aliphatic heterocycles. The van der Waals surface area contributed by atoms with Crippen molar-refractivity contribution in [2.45, 2.75) is 38.5 Å². The third-order valence-corrected chi connectivity index (χ3v) is 12.9. The molecule has 8 heteroatoms. The maximum atomic E-state index is 5.21. The van der Waals surface area contributed by atoms with Crippen LogP contribution in [0.2, 0.25) is 0 Å². The molecule has 0 saturated carbocycles. The standard InChI is InChI=1S/C50H35N7.Pt/c1-49(2)32-26-24-30(53-40-20-9-11-22-42(40)56-38-18-7-5-16-36(38)51-47(53)56)28-44(32)55-45-29-31(25-27-33(45)50(3,4)35-15-13-14-34(49)46(35)55)54-41-21-10-12-23-43(41)57-39-19-8-6-17-37(39)52-48(54)57;/h5-27H,1-4H3;/q-2;+2. The van der Waals surface area contributed by atoms with Crippen molar-refractivity contribution in [1.82, 2.24) is 27.9 Å². The summed E-state index contributed by atoms with van der Waals surface area (Å²) in [6.45, 7) is 9.41. The van der Waals surface area contributed by atoms with E-state index in [1.165, 1.54) is 27.9 Å². The van der Waals surface area contributed by atoms with Crippen LogP contribution in [0.4, 0.5) is 17.1 Å². The number of hydrogen-bond donors (Lipinski definition) is 0. The molecular weight excluding hydrogens is 894 g/mol. The minimum absolute atomic E-state index is 0. The maximum Gasteiger partial charge on any atom is 2.00 e. The van der Waals surface area contributed by atoms with Gasteiger partial charge in [-0.3, -0.25) is 8.80 Å². The molecule has 0 spiro atoms. The molecule has 0 aliphatic carbocycles. The summed E-state index contributed by atoms with van der Waals surface area (Å²) in [5.74, 6) is 1.74. The predicted molar refractivity (Wildman–Crippen MR) is 229 cm³/mol. The average molecular weight is 929 g/mol. The topological polar surface area (TPSA) is 47.7 Å². The predicted octanol–water partition coefficient (Wildman–Crippen LogP) is 11.5. The molecule has 13 rings (SSSR count). The molecule has 11 aromatic rings. The third-order valence-electron chi connectivity index (χ3n) is 12.9. The SMILES string of the molecule is CC1(C)c2ccc(-n3c4ccccc4n4c5ccccc5nc34)[c-]c2N2c3[c-]c(-n4c5ccccc5n5c6ccccc6nc45)ccc3C(C)(C)c3cccc1c32.[Pt+2]. The van der Waals surface area contributed by atoms with Crippen LogP contribution in [-0.2, 0) is 31.9 Å². The summed E-state index contributed by atoms with van der Waals surface area (Å²) in [5.41, 5.74) is 18.1. The van der Waals surface area contributed by atoms with Gasteiger partial charge in [0.25, 0.3) is 0 Å². The van der Waals surface area contributed by atoms with E-state index in [1.54, 1.807) is 0 Å². The zero-order valence-electron chi connectivity index (χ0n) is 32.2. The van der Waals surface area contributed by atoms with E-state index in [9.17, 15) is 0 Å². The van der Waals surface area contributed by atoms with Gasteiger partial charge in [-0.1, -0.05) is 117 Å². The van der Waals surface area contributed by atoms with Gasteiger partial charge >= 0.3 is 21.1 Å². The first-order valence-electron chi connectivity index (χ1n) is 19.6. The zero-order chi connectivity index (χ0) is 37.9. The summed E-state index contributed by atoms with van der Waals surface area (Å²) in [6.07, 6.45) is 0. The molecule has 0 unspecified atom stereocenters. The van der Waals surface area contributed by atoms with Crippen LogP contribution in [0.15, 0.2) is 140 Å². The summed E-state index contributed by atoms with van der Waals surface area (Å²) < 4.78 is 9.08. The van der Waals surface area contributed by atoms with Gasteiger partial charge in [0.15, 0.2) is 0 Å². The van der Waals surface area contributed by atoms with E-state index in [0.29, 0.717) is 0 Å². The molecule has 7 nitrogen and oxygen atoms in total. The van der Waals surface area contributed by atoms with E-state index in [2.05, 4.69) is 202 Å². The summed E-state index contributed by atoms with van der Waals surface area (Å²) >= 11 is 0. The Hall–Kier alpha value is -6.43. The largest absolute Gasteiger partial charge is 2.00 e. The summed E-state index contributed by atoms with van der Waals surface area (Å²) in [4.78, 5) is 12.9. The van der Waals surface area contributed by atoms with Gasteiger partial charge in [-0.25, -0.2) is 9.97 Å². The van der Waals surface area contributed by atoms with E-state index in [4.69, 9.17) is 9.97 Å². The van der Waals surface area contributed by atoms with E-state index in [0.717, 1.165) is 78.4 Å². The average Bonchev–Trinajstić information content (AvgIpc) is 3.96. The fourth-order valence-corrected chi connectivity index (χ4v) is 10.2. The van der Waals surface area contributed by atoms with Crippen molar-refractivity contribution in [3.05, 3.63) is 174 Å². The van der Waals surface area contributed by atoms with Gasteiger partial charge in [0, 0.05) is 5.69 Å². The number of benzene rings is 7. The monoisotopic (exact) mass is 928 g/mol. The molecule has 0 atom stereocenters. The van der Waals surface area contributed by atoms with Gasteiger partial charge in [-0.15, -0.1) is 35.4 Å². The summed E-state index contributed by atoms with van der Waals surface area (Å²) in [6, 6.07) is 57.9. The normalized spacial score (nSPS) is 15.0. The Kier molecular flexibility index (Phi) is 6.60. The van der Waals surface area contributed by atoms with Crippen molar-refractivity contribution in [2.24, 2.45) is 0 Å². The van der Waals surface area contributed by atoms with E-state index < -0.39 is 0 Å². The molecule has 0 radical (unpaired) electrons. The Morgan fingerprint density at radius 1 is 0.414 bits per heavy atom. The molecule has 0 bridgehead atoms.